The average Bonchev–Trinajstić information content (AvgIpc) is 2.14. The first-order valence-corrected chi connectivity index (χ1v) is 6.35. The predicted octanol–water partition coefficient (Wildman–Crippen LogP) is 1.41. The van der Waals surface area contributed by atoms with Crippen molar-refractivity contribution in [2.75, 3.05) is 31.9 Å². The Balaban J connectivity index is 2.26. The quantitative estimate of drug-likeness (QED) is 0.747. The molecule has 2 N–H and O–H groups in total. The summed E-state index contributed by atoms with van der Waals surface area (Å²) < 4.78 is 0. The largest absolute Gasteiger partial charge is 0.330 e. The average molecular weight is 202 g/mol. The second-order valence-corrected chi connectivity index (χ2v) is 5.50. The number of hydrogen-bond donors (Lipinski definition) is 1. The van der Waals surface area contributed by atoms with Crippen LogP contribution in [0.4, 0.5) is 0 Å². The van der Waals surface area contributed by atoms with Gasteiger partial charge in [0.15, 0.2) is 0 Å². The number of hydrogen-bond acceptors (Lipinski definition) is 3. The Morgan fingerprint density at radius 3 is 2.92 bits per heavy atom. The van der Waals surface area contributed by atoms with Crippen molar-refractivity contribution in [3.05, 3.63) is 0 Å². The van der Waals surface area contributed by atoms with Gasteiger partial charge >= 0.3 is 0 Å². The smallest absolute Gasteiger partial charge is 0.0147 e. The summed E-state index contributed by atoms with van der Waals surface area (Å²) in [6.45, 7) is 9.11. The van der Waals surface area contributed by atoms with E-state index in [1.165, 1.54) is 31.8 Å². The van der Waals surface area contributed by atoms with Crippen LogP contribution in [-0.2, 0) is 0 Å². The van der Waals surface area contributed by atoms with Crippen molar-refractivity contribution in [2.24, 2.45) is 11.7 Å². The van der Waals surface area contributed by atoms with E-state index in [9.17, 15) is 0 Å². The van der Waals surface area contributed by atoms with Crippen molar-refractivity contribution in [3.8, 4) is 0 Å². The molecule has 0 amide bonds. The molecule has 1 saturated heterocycles. The topological polar surface area (TPSA) is 29.3 Å². The number of rotatable bonds is 4. The Labute approximate surface area is 86.2 Å². The Bertz CT molecular complexity index is 137. The highest BCUT2D eigenvalue weighted by Crippen LogP contribution is 2.18. The van der Waals surface area contributed by atoms with Gasteiger partial charge in [0.25, 0.3) is 0 Å². The minimum Gasteiger partial charge on any atom is -0.330 e. The molecule has 1 heterocycles. The van der Waals surface area contributed by atoms with Crippen LogP contribution < -0.4 is 5.73 Å². The zero-order valence-corrected chi connectivity index (χ0v) is 9.65. The van der Waals surface area contributed by atoms with Gasteiger partial charge < -0.3 is 10.6 Å². The maximum absolute atomic E-state index is 5.70. The van der Waals surface area contributed by atoms with Crippen molar-refractivity contribution in [1.82, 2.24) is 4.90 Å². The highest BCUT2D eigenvalue weighted by molar-refractivity contribution is 7.99. The maximum Gasteiger partial charge on any atom is 0.0147 e. The van der Waals surface area contributed by atoms with Crippen LogP contribution in [0.5, 0.6) is 0 Å². The molecule has 1 rings (SSSR count). The van der Waals surface area contributed by atoms with E-state index in [1.54, 1.807) is 0 Å². The summed E-state index contributed by atoms with van der Waals surface area (Å²) in [5, 5.41) is 0.809. The minimum atomic E-state index is 0.704. The Hall–Kier alpha value is 0.270. The summed E-state index contributed by atoms with van der Waals surface area (Å²) in [5.74, 6) is 2.00. The molecule has 3 heteroatoms. The van der Waals surface area contributed by atoms with E-state index in [1.807, 2.05) is 0 Å². The highest BCUT2D eigenvalue weighted by atomic mass is 32.2. The van der Waals surface area contributed by atoms with Gasteiger partial charge in [-0.25, -0.2) is 0 Å². The van der Waals surface area contributed by atoms with Gasteiger partial charge in [-0.2, -0.15) is 11.8 Å². The second kappa shape index (κ2) is 5.89. The first kappa shape index (κ1) is 11.3. The van der Waals surface area contributed by atoms with Crippen LogP contribution in [0, 0.1) is 5.92 Å². The lowest BCUT2D eigenvalue weighted by atomic mass is 10.1. The first-order chi connectivity index (χ1) is 6.26. The highest BCUT2D eigenvalue weighted by Gasteiger charge is 2.18. The molecule has 13 heavy (non-hydrogen) atoms. The van der Waals surface area contributed by atoms with Gasteiger partial charge in [-0.3, -0.25) is 0 Å². The summed E-state index contributed by atoms with van der Waals surface area (Å²) in [6.07, 6.45) is 1.22. The number of nitrogens with two attached hydrogens (primary N) is 1. The van der Waals surface area contributed by atoms with Crippen LogP contribution in [0.25, 0.3) is 0 Å². The normalized spacial score (nSPS) is 27.5. The molecule has 2 atom stereocenters. The summed E-state index contributed by atoms with van der Waals surface area (Å²) in [5.41, 5.74) is 5.70. The Kier molecular flexibility index (Phi) is 5.14. The van der Waals surface area contributed by atoms with E-state index in [-0.39, 0.29) is 0 Å². The van der Waals surface area contributed by atoms with E-state index >= 15 is 0 Å². The lowest BCUT2D eigenvalue weighted by Crippen LogP contribution is -2.41. The minimum absolute atomic E-state index is 0.704. The lowest BCUT2D eigenvalue weighted by molar-refractivity contribution is 0.239. The Morgan fingerprint density at radius 2 is 2.38 bits per heavy atom. The van der Waals surface area contributed by atoms with Crippen molar-refractivity contribution in [2.45, 2.75) is 25.5 Å². The summed E-state index contributed by atoms with van der Waals surface area (Å²) in [4.78, 5) is 2.57. The fraction of sp³-hybridized carbons (Fsp3) is 1.00. The molecule has 1 fully saturated rings. The van der Waals surface area contributed by atoms with Gasteiger partial charge in [-0.15, -0.1) is 0 Å². The van der Waals surface area contributed by atoms with Gasteiger partial charge in [-0.05, 0) is 12.5 Å². The molecule has 0 aliphatic carbocycles. The van der Waals surface area contributed by atoms with E-state index in [2.05, 4.69) is 30.5 Å². The van der Waals surface area contributed by atoms with Crippen LogP contribution in [0.1, 0.15) is 20.3 Å². The molecule has 0 aromatic rings. The van der Waals surface area contributed by atoms with E-state index in [0.717, 1.165) is 11.8 Å². The lowest BCUT2D eigenvalue weighted by Gasteiger charge is -2.32. The number of thioether (sulfide) groups is 1. The molecule has 0 spiro atoms. The van der Waals surface area contributed by atoms with Crippen molar-refractivity contribution in [1.29, 1.82) is 0 Å². The standard InChI is InChI=1S/C10H22N2S/c1-3-10(6-11)8-12-4-5-13-9(2)7-12/h9-10H,3-8,11H2,1-2H3. The SMILES string of the molecule is CCC(CN)CN1CCSC(C)C1. The van der Waals surface area contributed by atoms with E-state index < -0.39 is 0 Å². The number of nitrogens with zero attached hydrogens (tertiary/aromatic N) is 1. The van der Waals surface area contributed by atoms with Crippen LogP contribution in [-0.4, -0.2) is 42.1 Å². The fourth-order valence-corrected chi connectivity index (χ4v) is 2.87. The van der Waals surface area contributed by atoms with Crippen molar-refractivity contribution >= 4 is 11.8 Å². The van der Waals surface area contributed by atoms with Crippen LogP contribution >= 0.6 is 11.8 Å². The molecule has 0 bridgehead atoms. The summed E-state index contributed by atoms with van der Waals surface area (Å²) in [6, 6.07) is 0. The molecule has 78 valence electrons. The molecule has 0 radical (unpaired) electrons. The van der Waals surface area contributed by atoms with Crippen LogP contribution in [0.15, 0.2) is 0 Å². The zero-order valence-electron chi connectivity index (χ0n) is 8.83. The van der Waals surface area contributed by atoms with Gasteiger partial charge in [0.2, 0.25) is 0 Å². The molecular formula is C10H22N2S. The van der Waals surface area contributed by atoms with Gasteiger partial charge in [0, 0.05) is 30.6 Å². The molecule has 1 aliphatic heterocycles. The molecule has 0 aromatic heterocycles. The monoisotopic (exact) mass is 202 g/mol. The first-order valence-electron chi connectivity index (χ1n) is 5.30. The van der Waals surface area contributed by atoms with Gasteiger partial charge in [0.05, 0.1) is 0 Å². The van der Waals surface area contributed by atoms with Crippen LogP contribution in [0.3, 0.4) is 0 Å². The predicted molar refractivity (Wildman–Crippen MR) is 61.2 cm³/mol. The van der Waals surface area contributed by atoms with Crippen molar-refractivity contribution < 1.29 is 0 Å². The van der Waals surface area contributed by atoms with Gasteiger partial charge in [-0.1, -0.05) is 20.3 Å². The fourth-order valence-electron chi connectivity index (χ4n) is 1.79. The van der Waals surface area contributed by atoms with Crippen LogP contribution in [0.2, 0.25) is 0 Å². The van der Waals surface area contributed by atoms with E-state index in [4.69, 9.17) is 5.73 Å². The zero-order chi connectivity index (χ0) is 9.68. The third-order valence-corrected chi connectivity index (χ3v) is 3.89. The molecule has 0 aromatic carbocycles. The second-order valence-electron chi connectivity index (χ2n) is 3.95. The molecule has 2 unspecified atom stereocenters. The molecule has 2 nitrogen and oxygen atoms in total. The summed E-state index contributed by atoms with van der Waals surface area (Å²) >= 11 is 2.09. The summed E-state index contributed by atoms with van der Waals surface area (Å²) in [7, 11) is 0. The molecule has 1 aliphatic rings. The third-order valence-electron chi connectivity index (χ3n) is 2.75. The third kappa shape index (κ3) is 3.88. The molecule has 0 saturated carbocycles. The van der Waals surface area contributed by atoms with E-state index in [0.29, 0.717) is 5.92 Å². The van der Waals surface area contributed by atoms with Crippen molar-refractivity contribution in [3.63, 3.8) is 0 Å². The Morgan fingerprint density at radius 1 is 1.62 bits per heavy atom. The molecular weight excluding hydrogens is 180 g/mol. The maximum atomic E-state index is 5.70. The van der Waals surface area contributed by atoms with Gasteiger partial charge in [0.1, 0.15) is 0 Å².